The van der Waals surface area contributed by atoms with Gasteiger partial charge in [-0.1, -0.05) is 38.1 Å². The number of amides is 1. The summed E-state index contributed by atoms with van der Waals surface area (Å²) in [5, 5.41) is 3.02. The number of H-pyrrole nitrogens is 1. The molecule has 0 radical (unpaired) electrons. The summed E-state index contributed by atoms with van der Waals surface area (Å²) in [4.78, 5) is 31.4. The predicted molar refractivity (Wildman–Crippen MR) is 160 cm³/mol. The number of hydrogen-bond acceptors (Lipinski definition) is 4. The van der Waals surface area contributed by atoms with Gasteiger partial charge in [0, 0.05) is 65.5 Å². The van der Waals surface area contributed by atoms with Crippen molar-refractivity contribution in [3.05, 3.63) is 98.2 Å². The van der Waals surface area contributed by atoms with Crippen molar-refractivity contribution in [2.45, 2.75) is 60.0 Å². The van der Waals surface area contributed by atoms with Crippen molar-refractivity contribution in [1.29, 1.82) is 0 Å². The number of aromatic amines is 1. The molecule has 1 unspecified atom stereocenters. The van der Waals surface area contributed by atoms with Crippen LogP contribution in [0.15, 0.2) is 53.5 Å². The number of carbonyl (C=O) groups is 1. The maximum Gasteiger partial charge on any atom is 0.253 e. The van der Waals surface area contributed by atoms with Crippen molar-refractivity contribution in [3.63, 3.8) is 0 Å². The lowest BCUT2D eigenvalue weighted by Gasteiger charge is -2.34. The number of benzene rings is 1. The molecule has 0 spiro atoms. The fourth-order valence-corrected chi connectivity index (χ4v) is 5.85. The number of carbonyl (C=O) groups excluding carboxylic acids is 1. The van der Waals surface area contributed by atoms with Crippen LogP contribution in [-0.4, -0.2) is 46.5 Å². The Morgan fingerprint density at radius 3 is 2.35 bits per heavy atom. The molecule has 1 aromatic carbocycles. The molecule has 7 heteroatoms. The van der Waals surface area contributed by atoms with Crippen LogP contribution in [0.3, 0.4) is 0 Å². The third-order valence-electron chi connectivity index (χ3n) is 8.25. The Bertz CT molecular complexity index is 1590. The Morgan fingerprint density at radius 2 is 1.70 bits per heavy atom. The van der Waals surface area contributed by atoms with E-state index in [-0.39, 0.29) is 24.1 Å². The Morgan fingerprint density at radius 1 is 1.00 bits per heavy atom. The maximum atomic E-state index is 13.6. The van der Waals surface area contributed by atoms with Gasteiger partial charge in [0.05, 0.1) is 13.2 Å². The number of aromatic nitrogens is 2. The Hall–Kier alpha value is -3.68. The minimum atomic E-state index is -0.182. The molecule has 1 aliphatic heterocycles. The maximum absolute atomic E-state index is 13.6. The molecule has 1 aliphatic rings. The van der Waals surface area contributed by atoms with Gasteiger partial charge < -0.3 is 19.4 Å². The van der Waals surface area contributed by atoms with Gasteiger partial charge in [-0.3, -0.25) is 14.5 Å². The van der Waals surface area contributed by atoms with Crippen LogP contribution >= 0.6 is 0 Å². The molecule has 4 heterocycles. The molecule has 0 bridgehead atoms. The number of morpholine rings is 1. The quantitative estimate of drug-likeness (QED) is 0.317. The number of rotatable bonds is 7. The van der Waals surface area contributed by atoms with Crippen LogP contribution in [0, 0.1) is 20.8 Å². The largest absolute Gasteiger partial charge is 0.379 e. The smallest absolute Gasteiger partial charge is 0.253 e. The van der Waals surface area contributed by atoms with E-state index in [0.29, 0.717) is 30.3 Å². The van der Waals surface area contributed by atoms with Crippen LogP contribution in [-0.2, 0) is 11.3 Å². The first-order valence-corrected chi connectivity index (χ1v) is 14.2. The third kappa shape index (κ3) is 5.49. The van der Waals surface area contributed by atoms with Gasteiger partial charge in [0.25, 0.3) is 11.5 Å². The van der Waals surface area contributed by atoms with Crippen molar-refractivity contribution < 1.29 is 9.53 Å². The van der Waals surface area contributed by atoms with Gasteiger partial charge >= 0.3 is 0 Å². The molecule has 40 heavy (non-hydrogen) atoms. The summed E-state index contributed by atoms with van der Waals surface area (Å²) in [5.74, 6) is 0.296. The fraction of sp³-hybridized carbons (Fsp3) is 0.394. The van der Waals surface area contributed by atoms with Crippen LogP contribution in [0.5, 0.6) is 0 Å². The van der Waals surface area contributed by atoms with E-state index >= 15 is 0 Å². The first-order valence-electron chi connectivity index (χ1n) is 14.2. The van der Waals surface area contributed by atoms with E-state index in [1.165, 1.54) is 5.56 Å². The molecule has 7 nitrogen and oxygen atoms in total. The van der Waals surface area contributed by atoms with Gasteiger partial charge in [0.1, 0.15) is 0 Å². The van der Waals surface area contributed by atoms with E-state index in [0.717, 1.165) is 52.2 Å². The van der Waals surface area contributed by atoms with Crippen molar-refractivity contribution in [2.24, 2.45) is 0 Å². The van der Waals surface area contributed by atoms with Crippen molar-refractivity contribution in [2.75, 3.05) is 26.3 Å². The molecular formula is C33H40N4O3. The van der Waals surface area contributed by atoms with Gasteiger partial charge in [0.15, 0.2) is 0 Å². The second kappa shape index (κ2) is 11.4. The number of fused-ring (bicyclic) bond motifs is 1. The van der Waals surface area contributed by atoms with E-state index in [9.17, 15) is 9.59 Å². The molecule has 5 rings (SSSR count). The predicted octanol–water partition coefficient (Wildman–Crippen LogP) is 5.67. The summed E-state index contributed by atoms with van der Waals surface area (Å²) in [6, 6.07) is 14.9. The lowest BCUT2D eigenvalue weighted by atomic mass is 10.00. The lowest BCUT2D eigenvalue weighted by Crippen LogP contribution is -2.39. The fourth-order valence-electron chi connectivity index (χ4n) is 5.85. The minimum Gasteiger partial charge on any atom is -0.379 e. The summed E-state index contributed by atoms with van der Waals surface area (Å²) >= 11 is 0. The number of nitrogens with zero attached hydrogens (tertiary/aromatic N) is 2. The number of hydrogen-bond donors (Lipinski definition) is 2. The normalized spacial score (nSPS) is 15.1. The second-order valence-electron chi connectivity index (χ2n) is 11.3. The number of nitrogens with one attached hydrogen (secondary N) is 2. The van der Waals surface area contributed by atoms with Crippen LogP contribution < -0.4 is 10.9 Å². The van der Waals surface area contributed by atoms with Gasteiger partial charge in [0.2, 0.25) is 0 Å². The van der Waals surface area contributed by atoms with Crippen LogP contribution in [0.4, 0.5) is 0 Å². The van der Waals surface area contributed by atoms with Gasteiger partial charge in [-0.05, 0) is 74.1 Å². The summed E-state index contributed by atoms with van der Waals surface area (Å²) < 4.78 is 7.86. The molecule has 0 saturated carbocycles. The Kier molecular flexibility index (Phi) is 7.97. The highest BCUT2D eigenvalue weighted by molar-refractivity contribution is 5.97. The highest BCUT2D eigenvalue weighted by Crippen LogP contribution is 2.32. The van der Waals surface area contributed by atoms with E-state index in [2.05, 4.69) is 76.9 Å². The summed E-state index contributed by atoms with van der Waals surface area (Å²) in [7, 11) is 0. The van der Waals surface area contributed by atoms with E-state index in [1.54, 1.807) is 0 Å². The van der Waals surface area contributed by atoms with E-state index in [4.69, 9.17) is 4.74 Å². The molecule has 0 aliphatic carbocycles. The zero-order valence-corrected chi connectivity index (χ0v) is 24.4. The first-order chi connectivity index (χ1) is 19.1. The van der Waals surface area contributed by atoms with E-state index in [1.807, 2.05) is 32.9 Å². The summed E-state index contributed by atoms with van der Waals surface area (Å²) in [6.07, 6.45) is 2.19. The molecule has 1 atom stereocenters. The lowest BCUT2D eigenvalue weighted by molar-refractivity contribution is 0.0187. The van der Waals surface area contributed by atoms with Crippen molar-refractivity contribution in [1.82, 2.24) is 19.6 Å². The van der Waals surface area contributed by atoms with E-state index < -0.39 is 0 Å². The van der Waals surface area contributed by atoms with Crippen LogP contribution in [0.25, 0.3) is 16.6 Å². The number of ether oxygens (including phenoxy) is 1. The third-order valence-corrected chi connectivity index (χ3v) is 8.25. The standard InChI is InChI=1S/C33H40N4O3/c1-20(2)25-7-9-26(10-8-25)27-16-28-17-29(32(38)34-18-30-21(3)15-22(4)35-33(30)39)23(5)31(37(28)19-27)24(6)36-11-13-40-14-12-36/h7-10,15-17,19-20,24H,11-14,18H2,1-6H3,(H,34,38)(H,35,39). The van der Waals surface area contributed by atoms with Crippen LogP contribution in [0.2, 0.25) is 0 Å². The monoisotopic (exact) mass is 540 g/mol. The van der Waals surface area contributed by atoms with Gasteiger partial charge in [-0.25, -0.2) is 0 Å². The second-order valence-corrected chi connectivity index (χ2v) is 11.3. The minimum absolute atomic E-state index is 0.0879. The summed E-state index contributed by atoms with van der Waals surface area (Å²) in [6.45, 7) is 15.7. The molecule has 2 N–H and O–H groups in total. The summed E-state index contributed by atoms with van der Waals surface area (Å²) in [5.41, 5.74) is 9.31. The molecule has 1 saturated heterocycles. The average molecular weight is 541 g/mol. The average Bonchev–Trinajstić information content (AvgIpc) is 3.36. The topological polar surface area (TPSA) is 78.8 Å². The number of aryl methyl sites for hydroxylation is 2. The SMILES string of the molecule is Cc1cc(C)c(CNC(=O)c2cc3cc(-c4ccc(C(C)C)cc4)cn3c(C(C)N3CCOCC3)c2C)c(=O)[nH]1. The number of pyridine rings is 2. The highest BCUT2D eigenvalue weighted by Gasteiger charge is 2.26. The van der Waals surface area contributed by atoms with Crippen molar-refractivity contribution in [3.8, 4) is 11.1 Å². The van der Waals surface area contributed by atoms with Crippen LogP contribution in [0.1, 0.15) is 76.7 Å². The first kappa shape index (κ1) is 27.9. The molecule has 1 fully saturated rings. The molecule has 4 aromatic rings. The molecule has 1 amide bonds. The Labute approximate surface area is 236 Å². The molecule has 210 valence electrons. The highest BCUT2D eigenvalue weighted by atomic mass is 16.5. The zero-order chi connectivity index (χ0) is 28.6. The molecular weight excluding hydrogens is 500 g/mol. The van der Waals surface area contributed by atoms with Crippen molar-refractivity contribution >= 4 is 11.4 Å². The zero-order valence-electron chi connectivity index (χ0n) is 24.4. The van der Waals surface area contributed by atoms with Gasteiger partial charge in [-0.15, -0.1) is 0 Å². The Balaban J connectivity index is 1.55. The van der Waals surface area contributed by atoms with Gasteiger partial charge in [-0.2, -0.15) is 0 Å². The molecule has 3 aromatic heterocycles.